The van der Waals surface area contributed by atoms with Gasteiger partial charge in [0.05, 0.1) is 12.5 Å². The second-order valence-corrected chi connectivity index (χ2v) is 5.05. The van der Waals surface area contributed by atoms with Gasteiger partial charge in [0.25, 0.3) is 5.91 Å². The first-order chi connectivity index (χ1) is 9.96. The van der Waals surface area contributed by atoms with Crippen LogP contribution in [-0.2, 0) is 9.53 Å². The van der Waals surface area contributed by atoms with E-state index in [1.54, 1.807) is 24.3 Å². The minimum Gasteiger partial charge on any atom is -0.380 e. The molecule has 1 aromatic rings. The predicted octanol–water partition coefficient (Wildman–Crippen LogP) is 1.13. The summed E-state index contributed by atoms with van der Waals surface area (Å²) in [6.45, 7) is 4.09. The van der Waals surface area contributed by atoms with E-state index in [-0.39, 0.29) is 36.9 Å². The minimum atomic E-state index is -0.291. The molecule has 6 nitrogen and oxygen atoms in total. The van der Waals surface area contributed by atoms with E-state index in [0.717, 1.165) is 0 Å². The number of amides is 2. The first-order valence-corrected chi connectivity index (χ1v) is 6.90. The Morgan fingerprint density at radius 1 is 1.24 bits per heavy atom. The van der Waals surface area contributed by atoms with Crippen LogP contribution in [0.25, 0.3) is 0 Å². The fourth-order valence-corrected chi connectivity index (χ4v) is 1.73. The molecular formula is C15H23N3O3. The third-order valence-corrected chi connectivity index (χ3v) is 2.86. The molecule has 1 atom stereocenters. The third kappa shape index (κ3) is 5.93. The Bertz CT molecular complexity index is 468. The van der Waals surface area contributed by atoms with Crippen LogP contribution >= 0.6 is 0 Å². The minimum absolute atomic E-state index is 0.0825. The molecule has 0 heterocycles. The zero-order chi connectivity index (χ0) is 15.8. The summed E-state index contributed by atoms with van der Waals surface area (Å²) in [7, 11) is 1.52. The summed E-state index contributed by atoms with van der Waals surface area (Å²) < 4.78 is 5.06. The maximum Gasteiger partial charge on any atom is 0.251 e. The number of benzene rings is 1. The van der Waals surface area contributed by atoms with E-state index in [2.05, 4.69) is 10.6 Å². The van der Waals surface area contributed by atoms with Crippen molar-refractivity contribution in [3.63, 3.8) is 0 Å². The average Bonchev–Trinajstić information content (AvgIpc) is 2.44. The van der Waals surface area contributed by atoms with Crippen molar-refractivity contribution in [2.75, 3.05) is 19.0 Å². The highest BCUT2D eigenvalue weighted by molar-refractivity contribution is 5.96. The van der Waals surface area contributed by atoms with E-state index in [4.69, 9.17) is 10.5 Å². The standard InChI is InChI=1S/C15H23N3O3/c1-10(2)17-15(20)11-4-6-12(7-5-11)18-14(19)8-13(9-16)21-3/h4-7,10,13H,8-9,16H2,1-3H3,(H,17,20)(H,18,19). The van der Waals surface area contributed by atoms with E-state index in [1.165, 1.54) is 7.11 Å². The lowest BCUT2D eigenvalue weighted by molar-refractivity contribution is -0.118. The van der Waals surface area contributed by atoms with Gasteiger partial charge in [-0.3, -0.25) is 9.59 Å². The highest BCUT2D eigenvalue weighted by Crippen LogP contribution is 2.11. The largest absolute Gasteiger partial charge is 0.380 e. The summed E-state index contributed by atoms with van der Waals surface area (Å²) >= 11 is 0. The Balaban J connectivity index is 2.58. The number of rotatable bonds is 7. The summed E-state index contributed by atoms with van der Waals surface area (Å²) in [5, 5.41) is 5.55. The van der Waals surface area contributed by atoms with Gasteiger partial charge in [0.15, 0.2) is 0 Å². The third-order valence-electron chi connectivity index (χ3n) is 2.86. The molecule has 2 amide bonds. The van der Waals surface area contributed by atoms with E-state index < -0.39 is 0 Å². The Morgan fingerprint density at radius 3 is 2.33 bits per heavy atom. The molecule has 0 saturated heterocycles. The Kier molecular flexibility index (Phi) is 6.84. The van der Waals surface area contributed by atoms with Crippen LogP contribution in [0.1, 0.15) is 30.6 Å². The van der Waals surface area contributed by atoms with Gasteiger partial charge in [-0.05, 0) is 38.1 Å². The van der Waals surface area contributed by atoms with Gasteiger partial charge in [0.1, 0.15) is 0 Å². The molecular weight excluding hydrogens is 270 g/mol. The van der Waals surface area contributed by atoms with Gasteiger partial charge in [-0.2, -0.15) is 0 Å². The number of hydrogen-bond acceptors (Lipinski definition) is 4. The van der Waals surface area contributed by atoms with Gasteiger partial charge >= 0.3 is 0 Å². The molecule has 0 spiro atoms. The number of anilines is 1. The normalized spacial score (nSPS) is 12.0. The number of carbonyl (C=O) groups excluding carboxylic acids is 2. The van der Waals surface area contributed by atoms with Gasteiger partial charge in [0, 0.05) is 30.9 Å². The van der Waals surface area contributed by atoms with Gasteiger partial charge in [-0.25, -0.2) is 0 Å². The Morgan fingerprint density at radius 2 is 1.86 bits per heavy atom. The summed E-state index contributed by atoms with van der Waals surface area (Å²) in [4.78, 5) is 23.6. The fourth-order valence-electron chi connectivity index (χ4n) is 1.73. The van der Waals surface area contributed by atoms with Crippen molar-refractivity contribution in [3.05, 3.63) is 29.8 Å². The molecule has 1 aromatic carbocycles. The maximum absolute atomic E-state index is 11.8. The molecule has 0 bridgehead atoms. The first-order valence-electron chi connectivity index (χ1n) is 6.90. The molecule has 0 saturated carbocycles. The quantitative estimate of drug-likeness (QED) is 0.702. The molecule has 4 N–H and O–H groups in total. The fraction of sp³-hybridized carbons (Fsp3) is 0.467. The number of carbonyl (C=O) groups is 2. The highest BCUT2D eigenvalue weighted by Gasteiger charge is 2.12. The number of hydrogen-bond donors (Lipinski definition) is 3. The van der Waals surface area contributed by atoms with Crippen molar-refractivity contribution in [1.82, 2.24) is 5.32 Å². The highest BCUT2D eigenvalue weighted by atomic mass is 16.5. The molecule has 0 aliphatic carbocycles. The van der Waals surface area contributed by atoms with Crippen LogP contribution in [0.5, 0.6) is 0 Å². The van der Waals surface area contributed by atoms with Gasteiger partial charge in [-0.15, -0.1) is 0 Å². The topological polar surface area (TPSA) is 93.4 Å². The lowest BCUT2D eigenvalue weighted by Crippen LogP contribution is -2.30. The van der Waals surface area contributed by atoms with Crippen LogP contribution in [0.2, 0.25) is 0 Å². The SMILES string of the molecule is COC(CN)CC(=O)Nc1ccc(C(=O)NC(C)C)cc1. The van der Waals surface area contributed by atoms with Crippen LogP contribution in [0.4, 0.5) is 5.69 Å². The molecule has 0 aliphatic heterocycles. The number of nitrogens with two attached hydrogens (primary N) is 1. The zero-order valence-corrected chi connectivity index (χ0v) is 12.7. The van der Waals surface area contributed by atoms with Crippen molar-refractivity contribution in [2.45, 2.75) is 32.4 Å². The van der Waals surface area contributed by atoms with Crippen LogP contribution in [-0.4, -0.2) is 37.6 Å². The first kappa shape index (κ1) is 17.1. The van der Waals surface area contributed by atoms with E-state index in [0.29, 0.717) is 11.3 Å². The zero-order valence-electron chi connectivity index (χ0n) is 12.7. The number of nitrogens with one attached hydrogen (secondary N) is 2. The predicted molar refractivity (Wildman–Crippen MR) is 82.1 cm³/mol. The monoisotopic (exact) mass is 293 g/mol. The molecule has 6 heteroatoms. The summed E-state index contributed by atoms with van der Waals surface area (Å²) in [6.07, 6.45) is -0.0936. The van der Waals surface area contributed by atoms with Crippen LogP contribution < -0.4 is 16.4 Å². The summed E-state index contributed by atoms with van der Waals surface area (Å²) in [5.74, 6) is -0.308. The lowest BCUT2D eigenvalue weighted by atomic mass is 10.1. The van der Waals surface area contributed by atoms with Crippen molar-refractivity contribution in [2.24, 2.45) is 5.73 Å². The van der Waals surface area contributed by atoms with E-state index in [9.17, 15) is 9.59 Å². The van der Waals surface area contributed by atoms with Gasteiger partial charge in [0.2, 0.25) is 5.91 Å². The average molecular weight is 293 g/mol. The Hall–Kier alpha value is -1.92. The molecule has 1 rings (SSSR count). The molecule has 1 unspecified atom stereocenters. The van der Waals surface area contributed by atoms with Crippen molar-refractivity contribution in [1.29, 1.82) is 0 Å². The molecule has 0 radical (unpaired) electrons. The van der Waals surface area contributed by atoms with Crippen molar-refractivity contribution in [3.8, 4) is 0 Å². The lowest BCUT2D eigenvalue weighted by Gasteiger charge is -2.13. The van der Waals surface area contributed by atoms with Crippen molar-refractivity contribution < 1.29 is 14.3 Å². The summed E-state index contributed by atoms with van der Waals surface area (Å²) in [6, 6.07) is 6.81. The van der Waals surface area contributed by atoms with Gasteiger partial charge in [-0.1, -0.05) is 0 Å². The smallest absolute Gasteiger partial charge is 0.251 e. The Labute approximate surface area is 125 Å². The maximum atomic E-state index is 11.8. The van der Waals surface area contributed by atoms with E-state index >= 15 is 0 Å². The van der Waals surface area contributed by atoms with Crippen LogP contribution in [0.3, 0.4) is 0 Å². The molecule has 116 valence electrons. The van der Waals surface area contributed by atoms with E-state index in [1.807, 2.05) is 13.8 Å². The molecule has 21 heavy (non-hydrogen) atoms. The number of methoxy groups -OCH3 is 1. The second-order valence-electron chi connectivity index (χ2n) is 5.05. The van der Waals surface area contributed by atoms with Crippen LogP contribution in [0, 0.1) is 0 Å². The summed E-state index contributed by atoms with van der Waals surface area (Å²) in [5.41, 5.74) is 6.65. The molecule has 0 fully saturated rings. The molecule has 0 aliphatic rings. The van der Waals surface area contributed by atoms with Gasteiger partial charge < -0.3 is 21.1 Å². The van der Waals surface area contributed by atoms with Crippen LogP contribution in [0.15, 0.2) is 24.3 Å². The second kappa shape index (κ2) is 8.39. The number of ether oxygens (including phenoxy) is 1. The van der Waals surface area contributed by atoms with Crippen molar-refractivity contribution >= 4 is 17.5 Å². The molecule has 0 aromatic heterocycles.